The van der Waals surface area contributed by atoms with Crippen LogP contribution in [-0.4, -0.2) is 30.1 Å². The molecule has 0 spiro atoms. The Morgan fingerprint density at radius 1 is 1.08 bits per heavy atom. The topological polar surface area (TPSA) is 15.3 Å². The lowest BCUT2D eigenvalue weighted by atomic mass is 9.79. The lowest BCUT2D eigenvalue weighted by Gasteiger charge is -2.41. The van der Waals surface area contributed by atoms with Crippen molar-refractivity contribution < 1.29 is 4.39 Å². The number of benzene rings is 1. The summed E-state index contributed by atoms with van der Waals surface area (Å²) in [5, 5.41) is 3.62. The summed E-state index contributed by atoms with van der Waals surface area (Å²) in [5.74, 6) is 1.64. The molecule has 1 aromatic rings. The van der Waals surface area contributed by atoms with Gasteiger partial charge >= 0.3 is 0 Å². The number of hydrogen-bond donors (Lipinski definition) is 1. The van der Waals surface area contributed by atoms with E-state index in [1.807, 2.05) is 6.07 Å². The summed E-state index contributed by atoms with van der Waals surface area (Å²) >= 11 is 2.22. The summed E-state index contributed by atoms with van der Waals surface area (Å²) < 4.78 is 14.2. The third kappa shape index (κ3) is 4.63. The molecule has 0 unspecified atom stereocenters. The van der Waals surface area contributed by atoms with Crippen LogP contribution in [0, 0.1) is 21.2 Å². The van der Waals surface area contributed by atoms with Crippen molar-refractivity contribution >= 4 is 28.3 Å². The standard InChI is InChI=1S/C20H30FIN2/c1-14(2)15-3-6-18(7-4-15)24-11-9-17(10-12-24)23-20-8-5-16(21)13-19(20)22/h5,8,13-15,17-18,23H,3-4,6-7,9-12H2,1-2H3. The van der Waals surface area contributed by atoms with Gasteiger partial charge < -0.3 is 10.2 Å². The predicted molar refractivity (Wildman–Crippen MR) is 108 cm³/mol. The van der Waals surface area contributed by atoms with Gasteiger partial charge in [-0.2, -0.15) is 0 Å². The number of anilines is 1. The molecule has 3 rings (SSSR count). The Morgan fingerprint density at radius 3 is 2.33 bits per heavy atom. The first-order chi connectivity index (χ1) is 11.5. The molecule has 4 heteroatoms. The highest BCUT2D eigenvalue weighted by atomic mass is 127. The molecular weight excluding hydrogens is 414 g/mol. The highest BCUT2D eigenvalue weighted by Gasteiger charge is 2.29. The van der Waals surface area contributed by atoms with Crippen molar-refractivity contribution in [3.8, 4) is 0 Å². The van der Waals surface area contributed by atoms with Crippen molar-refractivity contribution in [3.63, 3.8) is 0 Å². The van der Waals surface area contributed by atoms with E-state index < -0.39 is 0 Å². The van der Waals surface area contributed by atoms with E-state index in [1.165, 1.54) is 51.6 Å². The lowest BCUT2D eigenvalue weighted by molar-refractivity contribution is 0.101. The maximum atomic E-state index is 13.2. The van der Waals surface area contributed by atoms with Crippen molar-refractivity contribution in [2.75, 3.05) is 18.4 Å². The average molecular weight is 444 g/mol. The van der Waals surface area contributed by atoms with Gasteiger partial charge in [-0.15, -0.1) is 0 Å². The Morgan fingerprint density at radius 2 is 1.75 bits per heavy atom. The Kier molecular flexibility index (Phi) is 6.41. The summed E-state index contributed by atoms with van der Waals surface area (Å²) in [4.78, 5) is 2.73. The van der Waals surface area contributed by atoms with E-state index in [2.05, 4.69) is 46.7 Å². The van der Waals surface area contributed by atoms with Crippen LogP contribution in [0.25, 0.3) is 0 Å². The minimum atomic E-state index is -0.156. The summed E-state index contributed by atoms with van der Waals surface area (Å²) in [5.41, 5.74) is 1.08. The number of likely N-dealkylation sites (tertiary alicyclic amines) is 1. The highest BCUT2D eigenvalue weighted by Crippen LogP contribution is 2.33. The van der Waals surface area contributed by atoms with E-state index >= 15 is 0 Å². The van der Waals surface area contributed by atoms with Gasteiger partial charge in [-0.25, -0.2) is 4.39 Å². The van der Waals surface area contributed by atoms with Crippen LogP contribution in [0.5, 0.6) is 0 Å². The van der Waals surface area contributed by atoms with Gasteiger partial charge in [0.15, 0.2) is 0 Å². The largest absolute Gasteiger partial charge is 0.381 e. The summed E-state index contributed by atoms with van der Waals surface area (Å²) in [7, 11) is 0. The fraction of sp³-hybridized carbons (Fsp3) is 0.700. The molecule has 0 amide bonds. The fourth-order valence-corrected chi connectivity index (χ4v) is 5.00. The SMILES string of the molecule is CC(C)C1CCC(N2CCC(Nc3ccc(F)cc3I)CC2)CC1. The quantitative estimate of drug-likeness (QED) is 0.616. The Bertz CT molecular complexity index is 532. The molecule has 1 aliphatic carbocycles. The van der Waals surface area contributed by atoms with Gasteiger partial charge in [0.25, 0.3) is 0 Å². The third-order valence-electron chi connectivity index (χ3n) is 6.02. The van der Waals surface area contributed by atoms with Gasteiger partial charge in [-0.1, -0.05) is 13.8 Å². The summed E-state index contributed by atoms with van der Waals surface area (Å²) in [6, 6.07) is 6.36. The Balaban J connectivity index is 1.46. The van der Waals surface area contributed by atoms with Gasteiger partial charge in [0.2, 0.25) is 0 Å². The van der Waals surface area contributed by atoms with Crippen molar-refractivity contribution in [2.24, 2.45) is 11.8 Å². The molecule has 2 nitrogen and oxygen atoms in total. The zero-order valence-corrected chi connectivity index (χ0v) is 17.1. The van der Waals surface area contributed by atoms with E-state index in [4.69, 9.17) is 0 Å². The van der Waals surface area contributed by atoms with Crippen LogP contribution in [0.4, 0.5) is 10.1 Å². The summed E-state index contributed by atoms with van der Waals surface area (Å²) in [6.45, 7) is 7.15. The molecule has 1 aromatic carbocycles. The van der Waals surface area contributed by atoms with Gasteiger partial charge in [-0.3, -0.25) is 0 Å². The monoisotopic (exact) mass is 444 g/mol. The smallest absolute Gasteiger partial charge is 0.124 e. The van der Waals surface area contributed by atoms with Crippen LogP contribution in [0.3, 0.4) is 0 Å². The number of halogens is 2. The van der Waals surface area contributed by atoms with Crippen LogP contribution in [0.1, 0.15) is 52.4 Å². The van der Waals surface area contributed by atoms with E-state index in [9.17, 15) is 4.39 Å². The van der Waals surface area contributed by atoms with Crippen molar-refractivity contribution in [2.45, 2.75) is 64.5 Å². The number of nitrogens with zero attached hydrogens (tertiary/aromatic N) is 1. The van der Waals surface area contributed by atoms with Gasteiger partial charge in [-0.05, 0) is 91.2 Å². The average Bonchev–Trinajstić information content (AvgIpc) is 2.58. The first-order valence-electron chi connectivity index (χ1n) is 9.48. The van der Waals surface area contributed by atoms with Crippen LogP contribution in [-0.2, 0) is 0 Å². The lowest BCUT2D eigenvalue weighted by Crippen LogP contribution is -2.46. The van der Waals surface area contributed by atoms with Crippen LogP contribution < -0.4 is 5.32 Å². The summed E-state index contributed by atoms with van der Waals surface area (Å²) in [6.07, 6.45) is 7.98. The molecule has 0 atom stereocenters. The Labute approximate surface area is 159 Å². The third-order valence-corrected chi connectivity index (χ3v) is 6.91. The number of piperidine rings is 1. The van der Waals surface area contributed by atoms with Crippen LogP contribution in [0.15, 0.2) is 18.2 Å². The van der Waals surface area contributed by atoms with Gasteiger partial charge in [0.1, 0.15) is 5.82 Å². The molecule has 2 fully saturated rings. The molecule has 1 saturated carbocycles. The fourth-order valence-electron chi connectivity index (χ4n) is 4.37. The normalized spacial score (nSPS) is 26.7. The van der Waals surface area contributed by atoms with E-state index in [1.54, 1.807) is 12.1 Å². The van der Waals surface area contributed by atoms with Crippen LogP contribution in [0.2, 0.25) is 0 Å². The molecule has 1 aliphatic heterocycles. The van der Waals surface area contributed by atoms with Crippen molar-refractivity contribution in [1.82, 2.24) is 4.90 Å². The minimum absolute atomic E-state index is 0.156. The zero-order valence-electron chi connectivity index (χ0n) is 14.9. The molecule has 0 bridgehead atoms. The molecule has 2 aliphatic rings. The number of hydrogen-bond acceptors (Lipinski definition) is 2. The molecular formula is C20H30FIN2. The van der Waals surface area contributed by atoms with Crippen LogP contribution >= 0.6 is 22.6 Å². The number of nitrogens with one attached hydrogen (secondary N) is 1. The second kappa shape index (κ2) is 8.35. The molecule has 1 heterocycles. The molecule has 1 N–H and O–H groups in total. The minimum Gasteiger partial charge on any atom is -0.381 e. The molecule has 134 valence electrons. The maximum absolute atomic E-state index is 13.2. The maximum Gasteiger partial charge on any atom is 0.124 e. The molecule has 1 saturated heterocycles. The van der Waals surface area contributed by atoms with Gasteiger partial charge in [0, 0.05) is 34.4 Å². The van der Waals surface area contributed by atoms with E-state index in [-0.39, 0.29) is 5.82 Å². The van der Waals surface area contributed by atoms with Crippen molar-refractivity contribution in [3.05, 3.63) is 27.6 Å². The molecule has 24 heavy (non-hydrogen) atoms. The zero-order chi connectivity index (χ0) is 17.1. The number of rotatable bonds is 4. The predicted octanol–water partition coefficient (Wildman–Crippen LogP) is 5.52. The van der Waals surface area contributed by atoms with E-state index in [0.717, 1.165) is 27.1 Å². The second-order valence-electron chi connectivity index (χ2n) is 7.89. The Hall–Kier alpha value is -0.360. The molecule has 0 aromatic heterocycles. The second-order valence-corrected chi connectivity index (χ2v) is 9.05. The first-order valence-corrected chi connectivity index (χ1v) is 10.6. The van der Waals surface area contributed by atoms with Gasteiger partial charge in [0.05, 0.1) is 0 Å². The van der Waals surface area contributed by atoms with Crippen molar-refractivity contribution in [1.29, 1.82) is 0 Å². The first kappa shape index (κ1) is 18.4. The van der Waals surface area contributed by atoms with E-state index in [0.29, 0.717) is 6.04 Å². The highest BCUT2D eigenvalue weighted by molar-refractivity contribution is 14.1. The molecule has 0 radical (unpaired) electrons.